The first-order valence-corrected chi connectivity index (χ1v) is 6.86. The smallest absolute Gasteiger partial charge is 0.329 e. The molecular formula is C14H14BrF4NO. The van der Waals surface area contributed by atoms with Gasteiger partial charge in [0.1, 0.15) is 12.4 Å². The third-order valence-electron chi connectivity index (χ3n) is 2.85. The molecule has 1 atom stereocenters. The van der Waals surface area contributed by atoms with Crippen molar-refractivity contribution in [2.75, 3.05) is 13.1 Å². The average molecular weight is 368 g/mol. The molecule has 1 rings (SSSR count). The summed E-state index contributed by atoms with van der Waals surface area (Å²) in [7, 11) is 0. The summed E-state index contributed by atoms with van der Waals surface area (Å²) in [6.07, 6.45) is -3.28. The van der Waals surface area contributed by atoms with Crippen molar-refractivity contribution in [2.24, 2.45) is 0 Å². The van der Waals surface area contributed by atoms with Crippen LogP contribution >= 0.6 is 15.9 Å². The van der Waals surface area contributed by atoms with Crippen molar-refractivity contribution in [2.45, 2.75) is 19.0 Å². The normalized spacial score (nSPS) is 12.9. The highest BCUT2D eigenvalue weighted by atomic mass is 79.9. The van der Waals surface area contributed by atoms with Crippen LogP contribution in [0.3, 0.4) is 0 Å². The van der Waals surface area contributed by atoms with Crippen LogP contribution in [0.5, 0.6) is 0 Å². The molecule has 0 aliphatic rings. The molecular weight excluding hydrogens is 354 g/mol. The minimum absolute atomic E-state index is 0.221. The molecule has 21 heavy (non-hydrogen) atoms. The fourth-order valence-corrected chi connectivity index (χ4v) is 2.05. The zero-order valence-corrected chi connectivity index (χ0v) is 12.8. The van der Waals surface area contributed by atoms with Crippen LogP contribution in [0.15, 0.2) is 35.3 Å². The van der Waals surface area contributed by atoms with Gasteiger partial charge in [-0.2, -0.15) is 13.2 Å². The van der Waals surface area contributed by atoms with Crippen molar-refractivity contribution in [3.8, 4) is 0 Å². The van der Waals surface area contributed by atoms with Crippen molar-refractivity contribution in [1.29, 1.82) is 0 Å². The number of amides is 1. The van der Waals surface area contributed by atoms with E-state index in [4.69, 9.17) is 0 Å². The number of halogens is 5. The van der Waals surface area contributed by atoms with E-state index >= 15 is 0 Å². The first kappa shape index (κ1) is 17.7. The molecule has 1 aromatic rings. The van der Waals surface area contributed by atoms with Crippen LogP contribution in [-0.2, 0) is 4.79 Å². The summed E-state index contributed by atoms with van der Waals surface area (Å²) < 4.78 is 51.1. The largest absolute Gasteiger partial charge is 0.406 e. The topological polar surface area (TPSA) is 20.3 Å². The molecule has 0 radical (unpaired) electrons. The van der Waals surface area contributed by atoms with Crippen LogP contribution < -0.4 is 0 Å². The average Bonchev–Trinajstić information content (AvgIpc) is 2.38. The number of rotatable bonds is 5. The van der Waals surface area contributed by atoms with Crippen molar-refractivity contribution in [3.63, 3.8) is 0 Å². The molecule has 0 saturated heterocycles. The van der Waals surface area contributed by atoms with E-state index in [9.17, 15) is 22.4 Å². The monoisotopic (exact) mass is 367 g/mol. The highest BCUT2D eigenvalue weighted by molar-refractivity contribution is 9.10. The molecule has 0 aliphatic carbocycles. The van der Waals surface area contributed by atoms with E-state index in [1.165, 1.54) is 25.1 Å². The van der Waals surface area contributed by atoms with Gasteiger partial charge in [0.15, 0.2) is 0 Å². The van der Waals surface area contributed by atoms with Crippen molar-refractivity contribution >= 4 is 21.8 Å². The van der Waals surface area contributed by atoms with Crippen LogP contribution in [0, 0.1) is 5.82 Å². The summed E-state index contributed by atoms with van der Waals surface area (Å²) >= 11 is 2.98. The number of hydrogen-bond donors (Lipinski definition) is 0. The standard InChI is InChI=1S/C14H14BrF4NO/c1-3-6-20(8-14(17,18)19)13(21)9(2)10-4-5-11(15)12(16)7-10/h3-5,7,9H,1,6,8H2,2H3. The lowest BCUT2D eigenvalue weighted by Gasteiger charge is -2.26. The maximum atomic E-state index is 13.5. The Bertz CT molecular complexity index is 530. The lowest BCUT2D eigenvalue weighted by atomic mass is 9.99. The molecule has 1 aromatic carbocycles. The molecule has 0 bridgehead atoms. The summed E-state index contributed by atoms with van der Waals surface area (Å²) in [4.78, 5) is 12.8. The molecule has 116 valence electrons. The number of hydrogen-bond acceptors (Lipinski definition) is 1. The van der Waals surface area contributed by atoms with Gasteiger partial charge in [0.2, 0.25) is 5.91 Å². The molecule has 0 saturated carbocycles. The first-order valence-electron chi connectivity index (χ1n) is 6.07. The lowest BCUT2D eigenvalue weighted by molar-refractivity contribution is -0.160. The highest BCUT2D eigenvalue weighted by Crippen LogP contribution is 2.25. The molecule has 0 spiro atoms. The van der Waals surface area contributed by atoms with Crippen molar-refractivity contribution in [1.82, 2.24) is 4.90 Å². The Labute approximate surface area is 128 Å². The third-order valence-corrected chi connectivity index (χ3v) is 3.49. The predicted molar refractivity (Wildman–Crippen MR) is 75.3 cm³/mol. The maximum Gasteiger partial charge on any atom is 0.406 e. The molecule has 0 N–H and O–H groups in total. The van der Waals surface area contributed by atoms with Gasteiger partial charge >= 0.3 is 6.18 Å². The van der Waals surface area contributed by atoms with Crippen LogP contribution in [0.4, 0.5) is 17.6 Å². The molecule has 0 aromatic heterocycles. The summed E-state index contributed by atoms with van der Waals surface area (Å²) in [6, 6.07) is 4.04. The number of carbonyl (C=O) groups is 1. The maximum absolute atomic E-state index is 13.5. The number of alkyl halides is 3. The molecule has 2 nitrogen and oxygen atoms in total. The second-order valence-corrected chi connectivity index (χ2v) is 5.37. The second-order valence-electron chi connectivity index (χ2n) is 4.52. The number of nitrogens with zero attached hydrogens (tertiary/aromatic N) is 1. The van der Waals surface area contributed by atoms with Gasteiger partial charge in [-0.05, 0) is 40.5 Å². The Balaban J connectivity index is 2.96. The minimum atomic E-state index is -4.50. The Morgan fingerprint density at radius 1 is 1.48 bits per heavy atom. The Kier molecular flexibility index (Phi) is 5.95. The molecule has 1 amide bonds. The fourth-order valence-electron chi connectivity index (χ4n) is 1.80. The van der Waals surface area contributed by atoms with E-state index in [2.05, 4.69) is 22.5 Å². The van der Waals surface area contributed by atoms with Gasteiger partial charge in [-0.15, -0.1) is 6.58 Å². The SMILES string of the molecule is C=CCN(CC(F)(F)F)C(=O)C(C)c1ccc(Br)c(F)c1. The summed E-state index contributed by atoms with van der Waals surface area (Å²) in [6.45, 7) is 3.20. The van der Waals surface area contributed by atoms with Crippen LogP contribution in [0.2, 0.25) is 0 Å². The van der Waals surface area contributed by atoms with Gasteiger partial charge in [0.25, 0.3) is 0 Å². The van der Waals surface area contributed by atoms with E-state index in [0.717, 1.165) is 6.07 Å². The number of carbonyl (C=O) groups excluding carboxylic acids is 1. The Morgan fingerprint density at radius 3 is 2.57 bits per heavy atom. The Hall–Kier alpha value is -1.37. The molecule has 7 heteroatoms. The van der Waals surface area contributed by atoms with Crippen molar-refractivity contribution in [3.05, 3.63) is 46.7 Å². The quantitative estimate of drug-likeness (QED) is 0.562. The predicted octanol–water partition coefficient (Wildman–Crippen LogP) is 4.27. The fraction of sp³-hybridized carbons (Fsp3) is 0.357. The highest BCUT2D eigenvalue weighted by Gasteiger charge is 2.34. The van der Waals surface area contributed by atoms with Gasteiger partial charge < -0.3 is 4.90 Å². The van der Waals surface area contributed by atoms with Crippen LogP contribution in [-0.4, -0.2) is 30.1 Å². The van der Waals surface area contributed by atoms with Gasteiger partial charge in [-0.25, -0.2) is 4.39 Å². The lowest BCUT2D eigenvalue weighted by Crippen LogP contribution is -2.41. The van der Waals surface area contributed by atoms with E-state index < -0.39 is 30.4 Å². The van der Waals surface area contributed by atoms with Gasteiger partial charge in [0.05, 0.1) is 10.4 Å². The van der Waals surface area contributed by atoms with Gasteiger partial charge in [0, 0.05) is 6.54 Å². The van der Waals surface area contributed by atoms with Gasteiger partial charge in [-0.3, -0.25) is 4.79 Å². The van der Waals surface area contributed by atoms with E-state index in [-0.39, 0.29) is 11.0 Å². The summed E-state index contributed by atoms with van der Waals surface area (Å²) in [5.41, 5.74) is 0.317. The van der Waals surface area contributed by atoms with Crippen LogP contribution in [0.1, 0.15) is 18.4 Å². The molecule has 0 fully saturated rings. The van der Waals surface area contributed by atoms with Gasteiger partial charge in [-0.1, -0.05) is 12.1 Å². The summed E-state index contributed by atoms with van der Waals surface area (Å²) in [5, 5.41) is 0. The van der Waals surface area contributed by atoms with E-state index in [0.29, 0.717) is 10.5 Å². The zero-order chi connectivity index (χ0) is 16.2. The molecule has 1 unspecified atom stereocenters. The van der Waals surface area contributed by atoms with E-state index in [1.807, 2.05) is 0 Å². The zero-order valence-electron chi connectivity index (χ0n) is 11.3. The molecule has 0 aliphatic heterocycles. The second kappa shape index (κ2) is 7.06. The third kappa shape index (κ3) is 5.15. The van der Waals surface area contributed by atoms with Crippen LogP contribution in [0.25, 0.3) is 0 Å². The minimum Gasteiger partial charge on any atom is -0.329 e. The summed E-state index contributed by atoms with van der Waals surface area (Å²) in [5.74, 6) is -2.18. The first-order chi connectivity index (χ1) is 9.65. The Morgan fingerprint density at radius 2 is 2.10 bits per heavy atom. The number of benzene rings is 1. The molecule has 0 heterocycles. The van der Waals surface area contributed by atoms with E-state index in [1.54, 1.807) is 0 Å². The van der Waals surface area contributed by atoms with Crippen molar-refractivity contribution < 1.29 is 22.4 Å².